The van der Waals surface area contributed by atoms with E-state index in [4.69, 9.17) is 13.6 Å². The van der Waals surface area contributed by atoms with Crippen molar-refractivity contribution >= 4 is 206 Å². The van der Waals surface area contributed by atoms with Gasteiger partial charge in [0.05, 0.1) is 110 Å². The molecular weight excluding hydrogens is 2020 g/mol. The summed E-state index contributed by atoms with van der Waals surface area (Å²) in [7, 11) is -29.3. The first-order valence-corrected chi connectivity index (χ1v) is 60.5. The molecule has 8 unspecified atom stereocenters. The molecule has 0 aromatic heterocycles. The Hall–Kier alpha value is -11.8. The number of nitrogens with one attached hydrogen (secondary N) is 7. The van der Waals surface area contributed by atoms with Crippen LogP contribution in [0.4, 0.5) is 45.5 Å². The summed E-state index contributed by atoms with van der Waals surface area (Å²) < 4.78 is 191. The molecule has 0 amide bonds. The molecule has 8 atom stereocenters. The SMILES string of the molecule is CC(C)CC1(C)C(=O)C(C2=NP(=O)(O)c3cc(NS(C)(=O)=O)ccc3N2)=C(O)c2ccccc21.CCOP1(=O)N=C(C2=C(O)c3ccccc3C(C)(CC(C)C)C2=O)Nc2ccc(NS(C)(=O)=O)cc21.CCOP1(=O)N=C(C2=C(O)c3ccccc3C(C)(CCC(C)(C)C)C2=O)Nc2ccc(N(CC)S(C)(=O)=O)cc21.COP1(=O)N=C(C2=C(O)c3ccccc3C(C)(CC(C)C)C2=O)Nc2ccc(NS(C)(=O)=O)cc21. The Balaban J connectivity index is 0.000000162. The summed E-state index contributed by atoms with van der Waals surface area (Å²) in [6.07, 6.45) is 6.96. The van der Waals surface area contributed by atoms with Crippen LogP contribution in [-0.4, -0.2) is 157 Å². The van der Waals surface area contributed by atoms with Crippen molar-refractivity contribution in [1.29, 1.82) is 0 Å². The zero-order chi connectivity index (χ0) is 107. The molecule has 8 aromatic rings. The van der Waals surface area contributed by atoms with E-state index in [1.165, 1.54) is 72.1 Å². The van der Waals surface area contributed by atoms with Crippen molar-refractivity contribution in [1.82, 2.24) is 0 Å². The highest BCUT2D eigenvalue weighted by Gasteiger charge is 2.54. The highest BCUT2D eigenvalue weighted by molar-refractivity contribution is 7.92. The highest BCUT2D eigenvalue weighted by Crippen LogP contribution is 2.59. The molecule has 8 aromatic carbocycles. The van der Waals surface area contributed by atoms with Crippen LogP contribution in [0.1, 0.15) is 187 Å². The van der Waals surface area contributed by atoms with E-state index in [1.807, 2.05) is 98.7 Å². The van der Waals surface area contributed by atoms with Crippen molar-refractivity contribution in [2.75, 3.05) is 91.6 Å². The van der Waals surface area contributed by atoms with Crippen LogP contribution in [0, 0.1) is 23.2 Å². The second-order valence-corrected chi connectivity index (χ2v) is 54.9. The number of rotatable bonds is 26. The Kier molecular flexibility index (Phi) is 31.1. The Morgan fingerprint density at radius 2 is 0.676 bits per heavy atom. The monoisotopic (exact) mass is 2140 g/mol. The van der Waals surface area contributed by atoms with Crippen molar-refractivity contribution in [2.45, 2.75) is 165 Å². The number of carbonyl (C=O) groups excluding carboxylic acids is 4. The van der Waals surface area contributed by atoms with Gasteiger partial charge < -0.3 is 60.2 Å². The molecule has 8 aliphatic rings. The van der Waals surface area contributed by atoms with Gasteiger partial charge in [0.15, 0.2) is 23.1 Å². The average Bonchev–Trinajstić information content (AvgIpc) is 0.732. The van der Waals surface area contributed by atoms with E-state index in [9.17, 15) is 96.4 Å². The molecule has 0 saturated heterocycles. The number of nitrogens with zero attached hydrogens (tertiary/aromatic N) is 5. The third kappa shape index (κ3) is 22.4. The number of anilines is 8. The first-order valence-electron chi connectivity index (χ1n) is 46.7. The molecule has 36 nitrogen and oxygen atoms in total. The maximum atomic E-state index is 14.3. The lowest BCUT2D eigenvalue weighted by molar-refractivity contribution is -0.121. The average molecular weight is 2140 g/mol. The number of carbonyl (C=O) groups is 4. The summed E-state index contributed by atoms with van der Waals surface area (Å²) in [5.74, 6) is -2.25. The quantitative estimate of drug-likeness (QED) is 0.0224. The predicted octanol–water partition coefficient (Wildman–Crippen LogP) is 18.1. The third-order valence-corrected chi connectivity index (χ3v) is 36.2. The first kappa shape index (κ1) is 110. The highest BCUT2D eigenvalue weighted by atomic mass is 32.2. The molecule has 0 fully saturated rings. The molecule has 0 saturated carbocycles. The van der Waals surface area contributed by atoms with E-state index in [2.05, 4.69) is 75.3 Å². The van der Waals surface area contributed by atoms with Crippen LogP contribution in [0.2, 0.25) is 0 Å². The number of amidine groups is 4. The molecular formula is C101H122N12O24P4S4. The standard InChI is InChI=1S/C29H38N3O6PS.C25H30N3O6PS.C24H28N3O6PS.C23H26N3O6PS/c1-8-32(40(7,36)37)19-14-15-22-23(18-19)39(35,38-9-2)31-27(30-22)24-25(33)20-12-10-11-13-21(20)29(6,26(24)34)17-16-28(3,4)5;1-6-34-35(31)20-13-16(28-36(5,32)33)11-12-19(20)26-24(27-35)21-22(29)17-9-7-8-10-18(17)25(4,23(21)30)14-15(2)3;1-14(2)13-24(3)17-9-7-6-8-16(17)21(28)20(22(24)29)23-25-18-11-10-15(27-35(5,31)32)12-19(18)34(30,26-23)33-4;1-13(2)12-23(3)16-8-6-5-7-15(16)20(27)19(21(23)28)22-24-17-10-9-14(26-34(4,31)32)11-18(17)33(29,30)25-22/h10-15,18,33H,8-9,16-17H2,1-7H3,(H,30,31,35);7-13,15,28-29H,6,14H2,1-5H3,(H,26,27,31);6-12,14,27-28H,13H2,1-5H3,(H,25,26,30);5-11,13,26-27H,12H2,1-4H3,(H2,24,25,29,30). The van der Waals surface area contributed by atoms with Gasteiger partial charge in [-0.1, -0.05) is 159 Å². The number of fused-ring (bicyclic) bond motifs is 8. The van der Waals surface area contributed by atoms with E-state index in [1.54, 1.807) is 100 Å². The van der Waals surface area contributed by atoms with Crippen LogP contribution in [0.15, 0.2) is 211 Å². The molecule has 44 heteroatoms. The van der Waals surface area contributed by atoms with E-state index >= 15 is 0 Å². The number of sulfonamides is 4. The van der Waals surface area contributed by atoms with Crippen LogP contribution in [0.25, 0.3) is 23.0 Å². The molecule has 0 bridgehead atoms. The lowest BCUT2D eigenvalue weighted by atomic mass is 9.65. The third-order valence-electron chi connectivity index (χ3n) is 25.6. The lowest BCUT2D eigenvalue weighted by Crippen LogP contribution is -2.43. The lowest BCUT2D eigenvalue weighted by Gasteiger charge is -2.38. The minimum absolute atomic E-state index is 0.0259. The summed E-state index contributed by atoms with van der Waals surface area (Å²) in [4.78, 5) is 66.7. The molecule has 774 valence electrons. The van der Waals surface area contributed by atoms with Gasteiger partial charge >= 0.3 is 30.1 Å². The Labute approximate surface area is 845 Å². The fourth-order valence-electron chi connectivity index (χ4n) is 19.6. The van der Waals surface area contributed by atoms with Crippen molar-refractivity contribution in [3.63, 3.8) is 0 Å². The van der Waals surface area contributed by atoms with Crippen molar-refractivity contribution in [3.8, 4) is 0 Å². The summed E-state index contributed by atoms with van der Waals surface area (Å²) >= 11 is 0. The van der Waals surface area contributed by atoms with Gasteiger partial charge in [0.25, 0.3) is 0 Å². The maximum absolute atomic E-state index is 14.3. The van der Waals surface area contributed by atoms with Crippen molar-refractivity contribution < 1.29 is 110 Å². The number of aliphatic hydroxyl groups is 4. The zero-order valence-corrected chi connectivity index (χ0v) is 91.0. The molecule has 4 heterocycles. The molecule has 4 aliphatic carbocycles. The van der Waals surface area contributed by atoms with Gasteiger partial charge in [0.1, 0.15) is 68.7 Å². The molecule has 12 N–H and O–H groups in total. The number of aliphatic hydroxyl groups excluding tert-OH is 4. The molecule has 0 spiro atoms. The zero-order valence-electron chi connectivity index (χ0n) is 84.2. The Bertz CT molecular complexity index is 7700. The van der Waals surface area contributed by atoms with E-state index in [0.29, 0.717) is 76.3 Å². The van der Waals surface area contributed by atoms with Gasteiger partial charge in [-0.2, -0.15) is 19.1 Å². The van der Waals surface area contributed by atoms with Gasteiger partial charge in [0, 0.05) is 53.0 Å². The van der Waals surface area contributed by atoms with Crippen molar-refractivity contribution in [3.05, 3.63) is 237 Å². The van der Waals surface area contributed by atoms with Crippen LogP contribution >= 0.6 is 30.1 Å². The summed E-state index contributed by atoms with van der Waals surface area (Å²) in [6.45, 7) is 31.1. The molecule has 0 radical (unpaired) electrons. The molecule has 145 heavy (non-hydrogen) atoms. The van der Waals surface area contributed by atoms with E-state index in [0.717, 1.165) is 48.1 Å². The number of hydrogen-bond acceptors (Lipinski definition) is 27. The minimum atomic E-state index is -4.41. The number of ketones is 4. The fraction of sp³-hybridized carbons (Fsp3) is 0.366. The second kappa shape index (κ2) is 40.8. The van der Waals surface area contributed by atoms with Gasteiger partial charge in [-0.15, -0.1) is 0 Å². The second-order valence-electron chi connectivity index (χ2n) is 39.9. The molecule has 4 aliphatic heterocycles. The van der Waals surface area contributed by atoms with Crippen LogP contribution < -0.4 is 61.0 Å². The fourth-order valence-corrected chi connectivity index (χ4v) is 28.7. The van der Waals surface area contributed by atoms with E-state index < -0.39 is 97.6 Å². The van der Waals surface area contributed by atoms with E-state index in [-0.39, 0.29) is 173 Å². The Morgan fingerprint density at radius 1 is 0.400 bits per heavy atom. The summed E-state index contributed by atoms with van der Waals surface area (Å²) in [6, 6.07) is 46.3. The van der Waals surface area contributed by atoms with Crippen LogP contribution in [0.5, 0.6) is 0 Å². The largest absolute Gasteiger partial charge is 0.506 e. The number of Topliss-reactive ketones (excluding diaryl/α,β-unsaturated/α-hetero) is 4. The smallest absolute Gasteiger partial charge is 0.348 e. The predicted molar refractivity (Wildman–Crippen MR) is 575 cm³/mol. The maximum Gasteiger partial charge on any atom is 0.348 e. The van der Waals surface area contributed by atoms with Gasteiger partial charge in [-0.3, -0.25) is 55.9 Å². The Morgan fingerprint density at radius 3 is 0.972 bits per heavy atom. The summed E-state index contributed by atoms with van der Waals surface area (Å²) in [5.41, 5.74) is 2.81. The van der Waals surface area contributed by atoms with Crippen molar-refractivity contribution in [2.24, 2.45) is 42.2 Å². The number of benzene rings is 8. The molecule has 16 rings (SSSR count). The van der Waals surface area contributed by atoms with Gasteiger partial charge in [-0.05, 0) is 199 Å². The normalized spacial score (nSPS) is 23.6. The topological polar surface area (TPSA) is 539 Å². The van der Waals surface area contributed by atoms with Crippen LogP contribution in [0.3, 0.4) is 0 Å². The van der Waals surface area contributed by atoms with Gasteiger partial charge in [0.2, 0.25) is 40.1 Å². The van der Waals surface area contributed by atoms with Gasteiger partial charge in [-0.25, -0.2) is 33.7 Å². The number of hydrogen-bond donors (Lipinski definition) is 12. The first-order chi connectivity index (χ1) is 67.4. The van der Waals surface area contributed by atoms with Crippen LogP contribution in [-0.2, 0) is 113 Å². The minimum Gasteiger partial charge on any atom is -0.506 e. The summed E-state index contributed by atoms with van der Waals surface area (Å²) in [5, 5.41) is 57.4.